The van der Waals surface area contributed by atoms with Gasteiger partial charge in [-0.05, 0) is 42.7 Å². The van der Waals surface area contributed by atoms with Gasteiger partial charge in [0, 0.05) is 17.6 Å². The van der Waals surface area contributed by atoms with E-state index in [4.69, 9.17) is 11.6 Å². The van der Waals surface area contributed by atoms with E-state index in [1.165, 1.54) is 6.07 Å². The average Bonchev–Trinajstić information content (AvgIpc) is 3.00. The molecule has 6 heteroatoms. The van der Waals surface area contributed by atoms with Crippen LogP contribution in [0.1, 0.15) is 24.4 Å². The summed E-state index contributed by atoms with van der Waals surface area (Å²) in [6.07, 6.45) is 1.70. The number of rotatable bonds is 2. The molecule has 0 bridgehead atoms. The van der Waals surface area contributed by atoms with Gasteiger partial charge in [-0.2, -0.15) is 0 Å². The summed E-state index contributed by atoms with van der Waals surface area (Å²) in [5.41, 5.74) is 0.958. The van der Waals surface area contributed by atoms with Crippen LogP contribution < -0.4 is 5.32 Å². The summed E-state index contributed by atoms with van der Waals surface area (Å²) in [5.74, 6) is -1.47. The fraction of sp³-hybridized carbons (Fsp3) is 0.235. The lowest BCUT2D eigenvalue weighted by molar-refractivity contribution is 0.207. The van der Waals surface area contributed by atoms with E-state index in [1.54, 1.807) is 17.0 Å². The molecule has 120 valence electrons. The molecule has 0 unspecified atom stereocenters. The average molecular weight is 337 g/mol. The second-order valence-corrected chi connectivity index (χ2v) is 5.89. The highest BCUT2D eigenvalue weighted by Crippen LogP contribution is 2.33. The molecule has 1 aliphatic rings. The van der Waals surface area contributed by atoms with Gasteiger partial charge in [0.05, 0.1) is 11.7 Å². The zero-order valence-electron chi connectivity index (χ0n) is 12.2. The lowest BCUT2D eigenvalue weighted by Crippen LogP contribution is -2.34. The first-order chi connectivity index (χ1) is 11.0. The lowest BCUT2D eigenvalue weighted by atomic mass is 10.1. The van der Waals surface area contributed by atoms with E-state index in [-0.39, 0.29) is 11.7 Å². The zero-order valence-corrected chi connectivity index (χ0v) is 13.0. The summed E-state index contributed by atoms with van der Waals surface area (Å²) >= 11 is 5.89. The minimum Gasteiger partial charge on any atom is -0.317 e. The molecule has 23 heavy (non-hydrogen) atoms. The number of carbonyl (C=O) groups excluding carboxylic acids is 1. The third-order valence-electron chi connectivity index (χ3n) is 3.94. The van der Waals surface area contributed by atoms with Crippen molar-refractivity contribution < 1.29 is 13.6 Å². The van der Waals surface area contributed by atoms with Crippen LogP contribution in [0.25, 0.3) is 0 Å². The van der Waals surface area contributed by atoms with Gasteiger partial charge in [0.25, 0.3) is 0 Å². The number of likely N-dealkylation sites (tertiary alicyclic amines) is 1. The Labute approximate surface area is 137 Å². The van der Waals surface area contributed by atoms with E-state index in [9.17, 15) is 13.6 Å². The fourth-order valence-electron chi connectivity index (χ4n) is 2.82. The molecule has 3 nitrogen and oxygen atoms in total. The van der Waals surface area contributed by atoms with Crippen LogP contribution in [0.15, 0.2) is 42.5 Å². The van der Waals surface area contributed by atoms with Gasteiger partial charge in [0.1, 0.15) is 11.6 Å². The van der Waals surface area contributed by atoms with Crippen molar-refractivity contribution in [3.05, 3.63) is 64.7 Å². The van der Waals surface area contributed by atoms with Crippen LogP contribution in [0.2, 0.25) is 5.02 Å². The van der Waals surface area contributed by atoms with Gasteiger partial charge in [-0.1, -0.05) is 23.7 Å². The molecule has 0 aliphatic carbocycles. The Hall–Kier alpha value is -2.14. The number of nitrogens with one attached hydrogen (secondary N) is 1. The summed E-state index contributed by atoms with van der Waals surface area (Å²) in [6, 6.07) is 9.94. The van der Waals surface area contributed by atoms with Gasteiger partial charge < -0.3 is 10.2 Å². The SMILES string of the molecule is O=C(Nc1ccc(F)cc1F)N1CCC[C@H]1c1ccc(Cl)cc1. The van der Waals surface area contributed by atoms with Crippen LogP contribution in [0.5, 0.6) is 0 Å². The quantitative estimate of drug-likeness (QED) is 0.823. The lowest BCUT2D eigenvalue weighted by Gasteiger charge is -2.25. The van der Waals surface area contributed by atoms with Crippen LogP contribution in [0.4, 0.5) is 19.3 Å². The Bertz CT molecular complexity index is 721. The van der Waals surface area contributed by atoms with E-state index in [1.807, 2.05) is 12.1 Å². The summed E-state index contributed by atoms with van der Waals surface area (Å²) in [5, 5.41) is 3.15. The molecule has 1 heterocycles. The Morgan fingerprint density at radius 2 is 1.91 bits per heavy atom. The number of carbonyl (C=O) groups is 1. The molecule has 1 fully saturated rings. The number of hydrogen-bond acceptors (Lipinski definition) is 1. The molecular weight excluding hydrogens is 322 g/mol. The number of urea groups is 1. The third-order valence-corrected chi connectivity index (χ3v) is 4.19. The standard InChI is InChI=1S/C17H15ClF2N2O/c18-12-5-3-11(4-6-12)16-2-1-9-22(16)17(23)21-15-8-7-13(19)10-14(15)20/h3-8,10,16H,1-2,9H2,(H,21,23)/t16-/m0/s1. The summed E-state index contributed by atoms with van der Waals surface area (Å²) in [7, 11) is 0. The van der Waals surface area contributed by atoms with Crippen molar-refractivity contribution in [1.82, 2.24) is 4.90 Å². The van der Waals surface area contributed by atoms with Crippen molar-refractivity contribution in [2.24, 2.45) is 0 Å². The topological polar surface area (TPSA) is 32.3 Å². The Morgan fingerprint density at radius 1 is 1.17 bits per heavy atom. The van der Waals surface area contributed by atoms with Gasteiger partial charge >= 0.3 is 6.03 Å². The largest absolute Gasteiger partial charge is 0.322 e. The molecule has 1 aliphatic heterocycles. The number of halogens is 3. The van der Waals surface area contributed by atoms with Gasteiger partial charge in [-0.3, -0.25) is 0 Å². The molecule has 0 aromatic heterocycles. The second-order valence-electron chi connectivity index (χ2n) is 5.46. The van der Waals surface area contributed by atoms with E-state index in [0.717, 1.165) is 30.5 Å². The van der Waals surface area contributed by atoms with Gasteiger partial charge in [0.15, 0.2) is 0 Å². The maximum Gasteiger partial charge on any atom is 0.322 e. The monoisotopic (exact) mass is 336 g/mol. The van der Waals surface area contributed by atoms with E-state index in [2.05, 4.69) is 5.32 Å². The fourth-order valence-corrected chi connectivity index (χ4v) is 2.95. The Balaban J connectivity index is 1.76. The van der Waals surface area contributed by atoms with E-state index < -0.39 is 17.7 Å². The van der Waals surface area contributed by atoms with Crippen LogP contribution >= 0.6 is 11.6 Å². The predicted molar refractivity (Wildman–Crippen MR) is 85.5 cm³/mol. The van der Waals surface area contributed by atoms with Crippen LogP contribution in [-0.4, -0.2) is 17.5 Å². The molecule has 2 aromatic carbocycles. The van der Waals surface area contributed by atoms with Crippen molar-refractivity contribution in [2.75, 3.05) is 11.9 Å². The molecule has 0 spiro atoms. The molecule has 1 saturated heterocycles. The minimum absolute atomic E-state index is 0.0295. The normalized spacial score (nSPS) is 17.3. The van der Waals surface area contributed by atoms with Crippen LogP contribution in [-0.2, 0) is 0 Å². The molecule has 2 amide bonds. The maximum absolute atomic E-state index is 13.7. The highest BCUT2D eigenvalue weighted by Gasteiger charge is 2.30. The first-order valence-corrected chi connectivity index (χ1v) is 7.70. The number of benzene rings is 2. The second kappa shape index (κ2) is 6.54. The first-order valence-electron chi connectivity index (χ1n) is 7.33. The van der Waals surface area contributed by atoms with Crippen LogP contribution in [0.3, 0.4) is 0 Å². The number of amides is 2. The highest BCUT2D eigenvalue weighted by molar-refractivity contribution is 6.30. The van der Waals surface area contributed by atoms with Crippen molar-refractivity contribution in [3.63, 3.8) is 0 Å². The molecular formula is C17H15ClF2N2O. The number of hydrogen-bond donors (Lipinski definition) is 1. The highest BCUT2D eigenvalue weighted by atomic mass is 35.5. The van der Waals surface area contributed by atoms with E-state index in [0.29, 0.717) is 11.6 Å². The van der Waals surface area contributed by atoms with Gasteiger partial charge in [0.2, 0.25) is 0 Å². The molecule has 3 rings (SSSR count). The van der Waals surface area contributed by atoms with Crippen molar-refractivity contribution >= 4 is 23.3 Å². The van der Waals surface area contributed by atoms with Crippen molar-refractivity contribution in [2.45, 2.75) is 18.9 Å². The molecule has 0 saturated carbocycles. The summed E-state index contributed by atoms with van der Waals surface area (Å²) in [6.45, 7) is 0.585. The number of anilines is 1. The first kappa shape index (κ1) is 15.7. The number of nitrogens with zero attached hydrogens (tertiary/aromatic N) is 1. The van der Waals surface area contributed by atoms with Gasteiger partial charge in [-0.25, -0.2) is 13.6 Å². The maximum atomic E-state index is 13.7. The van der Waals surface area contributed by atoms with Crippen molar-refractivity contribution in [3.8, 4) is 0 Å². The Morgan fingerprint density at radius 3 is 2.61 bits per heavy atom. The Kier molecular flexibility index (Phi) is 4.48. The minimum atomic E-state index is -0.791. The predicted octanol–water partition coefficient (Wildman–Crippen LogP) is 4.99. The van der Waals surface area contributed by atoms with Crippen LogP contribution in [0, 0.1) is 11.6 Å². The van der Waals surface area contributed by atoms with E-state index >= 15 is 0 Å². The summed E-state index contributed by atoms with van der Waals surface area (Å²) < 4.78 is 26.6. The summed E-state index contributed by atoms with van der Waals surface area (Å²) in [4.78, 5) is 14.1. The molecule has 1 N–H and O–H groups in total. The molecule has 0 radical (unpaired) electrons. The van der Waals surface area contributed by atoms with Gasteiger partial charge in [-0.15, -0.1) is 0 Å². The van der Waals surface area contributed by atoms with Crippen molar-refractivity contribution in [1.29, 1.82) is 0 Å². The zero-order chi connectivity index (χ0) is 16.4. The molecule has 1 atom stereocenters. The third kappa shape index (κ3) is 3.45. The smallest absolute Gasteiger partial charge is 0.317 e. The molecule has 2 aromatic rings.